The summed E-state index contributed by atoms with van der Waals surface area (Å²) in [5.74, 6) is -2.32. The number of rotatable bonds is 42. The third kappa shape index (κ3) is 42.8. The molecule has 0 saturated carbocycles. The number of allylic oxidation sites excluding steroid dienone is 12. The summed E-state index contributed by atoms with van der Waals surface area (Å²) in [5, 5.41) is 11.7. The molecule has 0 bridgehead atoms. The SMILES string of the molecule is CC/C=C\C/C=C\C/C=C\C/C=C\CCCCCCCCCCC(=O)OC(COC(=O)CCCCCCC/C=C\C/C=C\CCCC)COC(OCC[N+](C)(C)C)C(=O)[O-]. The third-order valence-electron chi connectivity index (χ3n) is 9.69. The number of likely N-dealkylation sites (N-methyl/N-ethyl adjacent to an activating group) is 1. The van der Waals surface area contributed by atoms with Crippen LogP contribution in [0.15, 0.2) is 72.9 Å². The van der Waals surface area contributed by atoms with Gasteiger partial charge in [-0.05, 0) is 77.0 Å². The molecule has 0 heterocycles. The summed E-state index contributed by atoms with van der Waals surface area (Å²) in [6.07, 6.45) is 49.3. The van der Waals surface area contributed by atoms with E-state index in [0.29, 0.717) is 17.4 Å². The first-order valence-electron chi connectivity index (χ1n) is 23.6. The van der Waals surface area contributed by atoms with Gasteiger partial charge in [0.1, 0.15) is 13.2 Å². The maximum absolute atomic E-state index is 12.8. The van der Waals surface area contributed by atoms with Crippen LogP contribution in [0.1, 0.15) is 174 Å². The Kier molecular flexibility index (Phi) is 40.1. The lowest BCUT2D eigenvalue weighted by atomic mass is 10.1. The normalized spacial score (nSPS) is 13.6. The van der Waals surface area contributed by atoms with Gasteiger partial charge in [0, 0.05) is 12.8 Å². The molecule has 0 amide bonds. The van der Waals surface area contributed by atoms with E-state index in [9.17, 15) is 19.5 Å². The molecule has 60 heavy (non-hydrogen) atoms. The first-order chi connectivity index (χ1) is 29.1. The average Bonchev–Trinajstić information content (AvgIpc) is 3.21. The van der Waals surface area contributed by atoms with Crippen molar-refractivity contribution in [1.29, 1.82) is 0 Å². The summed E-state index contributed by atoms with van der Waals surface area (Å²) in [7, 11) is 5.90. The predicted octanol–water partition coefficient (Wildman–Crippen LogP) is 11.4. The molecule has 2 atom stereocenters. The Hall–Kier alpha value is -3.27. The maximum Gasteiger partial charge on any atom is 0.306 e. The minimum atomic E-state index is -1.63. The number of hydrogen-bond donors (Lipinski definition) is 0. The summed E-state index contributed by atoms with van der Waals surface area (Å²) >= 11 is 0. The molecule has 0 N–H and O–H groups in total. The number of quaternary nitrogens is 1. The van der Waals surface area contributed by atoms with Crippen molar-refractivity contribution in [3.8, 4) is 0 Å². The number of carbonyl (C=O) groups is 3. The summed E-state index contributed by atoms with van der Waals surface area (Å²) in [6, 6.07) is 0. The molecule has 0 aromatic rings. The Labute approximate surface area is 367 Å². The molecule has 0 rings (SSSR count). The Bertz CT molecular complexity index is 1210. The fourth-order valence-electron chi connectivity index (χ4n) is 6.01. The molecule has 0 aliphatic heterocycles. The number of carboxylic acid groups (broad SMARTS) is 1. The van der Waals surface area contributed by atoms with Gasteiger partial charge in [0.25, 0.3) is 0 Å². The highest BCUT2D eigenvalue weighted by atomic mass is 16.7. The van der Waals surface area contributed by atoms with E-state index in [1.54, 1.807) is 0 Å². The highest BCUT2D eigenvalue weighted by molar-refractivity contribution is 5.70. The van der Waals surface area contributed by atoms with Crippen molar-refractivity contribution in [3.63, 3.8) is 0 Å². The number of nitrogens with zero attached hydrogens (tertiary/aromatic N) is 1. The van der Waals surface area contributed by atoms with Crippen molar-refractivity contribution in [1.82, 2.24) is 0 Å². The number of carbonyl (C=O) groups excluding carboxylic acids is 3. The molecule has 9 nitrogen and oxygen atoms in total. The standard InChI is InChI=1S/C51H87NO8/c1-6-8-10-12-14-16-18-20-22-23-24-25-26-27-28-30-32-34-36-38-40-42-49(54)60-47(46-59-51(50(55)56)57-44-43-52(3,4)5)45-58-48(53)41-39-37-35-33-31-29-21-19-17-15-13-11-9-7-2/h8,10,13-16,19-22,24-25,47,51H,6-7,9,11-12,17-18,23,26-46H2,1-5H3/b10-8-,15-13-,16-14-,21-19-,22-20-,25-24-. The second-order valence-corrected chi connectivity index (χ2v) is 16.7. The van der Waals surface area contributed by atoms with Crippen LogP contribution in [-0.4, -0.2) is 82.3 Å². The molecule has 9 heteroatoms. The highest BCUT2D eigenvalue weighted by Crippen LogP contribution is 2.13. The highest BCUT2D eigenvalue weighted by Gasteiger charge is 2.21. The van der Waals surface area contributed by atoms with Gasteiger partial charge < -0.3 is 33.3 Å². The second kappa shape index (κ2) is 42.4. The zero-order chi connectivity index (χ0) is 44.2. The van der Waals surface area contributed by atoms with Gasteiger partial charge in [0.2, 0.25) is 0 Å². The van der Waals surface area contributed by atoms with Gasteiger partial charge in [-0.25, -0.2) is 0 Å². The Morgan fingerprint density at radius 1 is 0.517 bits per heavy atom. The van der Waals surface area contributed by atoms with Crippen molar-refractivity contribution in [2.24, 2.45) is 0 Å². The Morgan fingerprint density at radius 3 is 1.42 bits per heavy atom. The monoisotopic (exact) mass is 842 g/mol. The topological polar surface area (TPSA) is 111 Å². The zero-order valence-electron chi connectivity index (χ0n) is 38.8. The lowest BCUT2D eigenvalue weighted by Crippen LogP contribution is -2.44. The van der Waals surface area contributed by atoms with Crippen LogP contribution < -0.4 is 5.11 Å². The molecule has 344 valence electrons. The van der Waals surface area contributed by atoms with Gasteiger partial charge in [0.15, 0.2) is 12.4 Å². The van der Waals surface area contributed by atoms with Crippen LogP contribution >= 0.6 is 0 Å². The Balaban J connectivity index is 4.43. The van der Waals surface area contributed by atoms with Crippen LogP contribution in [0.4, 0.5) is 0 Å². The van der Waals surface area contributed by atoms with Crippen LogP contribution in [0.3, 0.4) is 0 Å². The summed E-state index contributed by atoms with van der Waals surface area (Å²) < 4.78 is 22.5. The van der Waals surface area contributed by atoms with Crippen LogP contribution in [0, 0.1) is 0 Å². The van der Waals surface area contributed by atoms with E-state index in [1.807, 2.05) is 21.1 Å². The molecule has 0 radical (unpaired) electrons. The molecule has 0 saturated heterocycles. The molecule has 0 spiro atoms. The van der Waals surface area contributed by atoms with Gasteiger partial charge in [-0.15, -0.1) is 0 Å². The van der Waals surface area contributed by atoms with Crippen LogP contribution in [0.5, 0.6) is 0 Å². The van der Waals surface area contributed by atoms with Gasteiger partial charge in [0.05, 0.1) is 40.3 Å². The van der Waals surface area contributed by atoms with Gasteiger partial charge >= 0.3 is 11.9 Å². The molecule has 0 aromatic carbocycles. The first-order valence-corrected chi connectivity index (χ1v) is 23.6. The molecular weight excluding hydrogens is 755 g/mol. The number of ether oxygens (including phenoxy) is 4. The van der Waals surface area contributed by atoms with Crippen molar-refractivity contribution < 1.29 is 42.9 Å². The second-order valence-electron chi connectivity index (χ2n) is 16.7. The van der Waals surface area contributed by atoms with Crippen LogP contribution in [0.25, 0.3) is 0 Å². The number of carboxylic acids is 1. The first kappa shape index (κ1) is 56.7. The third-order valence-corrected chi connectivity index (χ3v) is 9.69. The molecule has 2 unspecified atom stereocenters. The molecule has 0 aliphatic carbocycles. The maximum atomic E-state index is 12.8. The quantitative estimate of drug-likeness (QED) is 0.0196. The lowest BCUT2D eigenvalue weighted by molar-refractivity contribution is -0.870. The summed E-state index contributed by atoms with van der Waals surface area (Å²) in [5.41, 5.74) is 0. The largest absolute Gasteiger partial charge is 0.545 e. The minimum Gasteiger partial charge on any atom is -0.545 e. The van der Waals surface area contributed by atoms with E-state index in [-0.39, 0.29) is 38.6 Å². The van der Waals surface area contributed by atoms with Crippen molar-refractivity contribution in [2.75, 3.05) is 47.5 Å². The van der Waals surface area contributed by atoms with E-state index in [1.165, 1.54) is 38.5 Å². The van der Waals surface area contributed by atoms with Gasteiger partial charge in [-0.1, -0.05) is 157 Å². The minimum absolute atomic E-state index is 0.140. The van der Waals surface area contributed by atoms with E-state index >= 15 is 0 Å². The Morgan fingerprint density at radius 2 is 0.950 bits per heavy atom. The number of aliphatic carboxylic acids is 1. The van der Waals surface area contributed by atoms with E-state index in [0.717, 1.165) is 103 Å². The predicted molar refractivity (Wildman–Crippen MR) is 246 cm³/mol. The zero-order valence-corrected chi connectivity index (χ0v) is 38.8. The smallest absolute Gasteiger partial charge is 0.306 e. The number of esters is 2. The fourth-order valence-corrected chi connectivity index (χ4v) is 6.01. The van der Waals surface area contributed by atoms with Crippen molar-refractivity contribution in [2.45, 2.75) is 187 Å². The van der Waals surface area contributed by atoms with Gasteiger partial charge in [-0.3, -0.25) is 9.59 Å². The fraction of sp³-hybridized carbons (Fsp3) is 0.706. The van der Waals surface area contributed by atoms with Crippen LogP contribution in [0.2, 0.25) is 0 Å². The van der Waals surface area contributed by atoms with Crippen molar-refractivity contribution >= 4 is 17.9 Å². The van der Waals surface area contributed by atoms with Gasteiger partial charge in [-0.2, -0.15) is 0 Å². The molecule has 0 aromatic heterocycles. The molecular formula is C51H87NO8. The number of unbranched alkanes of at least 4 members (excludes halogenated alkanes) is 15. The summed E-state index contributed by atoms with van der Waals surface area (Å²) in [4.78, 5) is 37.0. The lowest BCUT2D eigenvalue weighted by Gasteiger charge is -2.26. The number of hydrogen-bond acceptors (Lipinski definition) is 8. The summed E-state index contributed by atoms with van der Waals surface area (Å²) in [6.45, 7) is 4.54. The van der Waals surface area contributed by atoms with E-state index < -0.39 is 24.3 Å². The molecule has 0 fully saturated rings. The van der Waals surface area contributed by atoms with Crippen LogP contribution in [-0.2, 0) is 33.3 Å². The van der Waals surface area contributed by atoms with E-state index in [4.69, 9.17) is 18.9 Å². The van der Waals surface area contributed by atoms with E-state index in [2.05, 4.69) is 86.8 Å². The average molecular weight is 842 g/mol. The molecule has 0 aliphatic rings. The van der Waals surface area contributed by atoms with Crippen molar-refractivity contribution in [3.05, 3.63) is 72.9 Å².